The van der Waals surface area contributed by atoms with Crippen LogP contribution in [0.2, 0.25) is 0 Å². The molecule has 6 nitrogen and oxygen atoms in total. The fourth-order valence-electron chi connectivity index (χ4n) is 3.53. The number of nitrogens with zero attached hydrogens (tertiary/aromatic N) is 1. The first kappa shape index (κ1) is 22.7. The minimum atomic E-state index is -0.612. The Hall–Kier alpha value is -3.45. The number of esters is 1. The van der Waals surface area contributed by atoms with Crippen LogP contribution >= 0.6 is 15.9 Å². The molecule has 1 aliphatic rings. The van der Waals surface area contributed by atoms with Gasteiger partial charge in [0.15, 0.2) is 12.4 Å². The van der Waals surface area contributed by atoms with Gasteiger partial charge in [0.05, 0.1) is 5.92 Å². The van der Waals surface area contributed by atoms with E-state index in [4.69, 9.17) is 9.47 Å². The number of aryl methyl sites for hydroxylation is 1. The third-order valence-electron chi connectivity index (χ3n) is 5.38. The summed E-state index contributed by atoms with van der Waals surface area (Å²) < 4.78 is 11.9. The van der Waals surface area contributed by atoms with Gasteiger partial charge in [-0.15, -0.1) is 0 Å². The van der Waals surface area contributed by atoms with E-state index in [1.165, 1.54) is 0 Å². The molecule has 1 heterocycles. The molecular formula is C26H22BrNO5. The molecule has 0 N–H and O–H groups in total. The van der Waals surface area contributed by atoms with Crippen LogP contribution in [0.5, 0.6) is 11.5 Å². The number of hydrogen-bond donors (Lipinski definition) is 0. The van der Waals surface area contributed by atoms with Crippen LogP contribution in [0.4, 0.5) is 5.69 Å². The molecule has 168 valence electrons. The zero-order chi connectivity index (χ0) is 23.4. The van der Waals surface area contributed by atoms with Gasteiger partial charge < -0.3 is 14.4 Å². The van der Waals surface area contributed by atoms with E-state index >= 15 is 0 Å². The highest BCUT2D eigenvalue weighted by atomic mass is 79.9. The van der Waals surface area contributed by atoms with E-state index in [-0.39, 0.29) is 31.3 Å². The summed E-state index contributed by atoms with van der Waals surface area (Å²) in [6.45, 7) is 1.87. The molecule has 7 heteroatoms. The van der Waals surface area contributed by atoms with Crippen LogP contribution in [0, 0.1) is 12.8 Å². The van der Waals surface area contributed by atoms with E-state index in [0.29, 0.717) is 17.0 Å². The second kappa shape index (κ2) is 10.0. The molecular weight excluding hydrogens is 486 g/mol. The Balaban J connectivity index is 1.32. The summed E-state index contributed by atoms with van der Waals surface area (Å²) >= 11 is 3.31. The van der Waals surface area contributed by atoms with Gasteiger partial charge in [-0.3, -0.25) is 14.4 Å². The maximum atomic E-state index is 12.5. The largest absolute Gasteiger partial charge is 0.457 e. The van der Waals surface area contributed by atoms with E-state index < -0.39 is 11.9 Å². The second-order valence-electron chi connectivity index (χ2n) is 7.85. The fraction of sp³-hybridized carbons (Fsp3) is 0.192. The van der Waals surface area contributed by atoms with E-state index in [1.807, 2.05) is 31.2 Å². The van der Waals surface area contributed by atoms with E-state index in [0.717, 1.165) is 15.8 Å². The maximum absolute atomic E-state index is 12.5. The van der Waals surface area contributed by atoms with Crippen molar-refractivity contribution in [1.82, 2.24) is 0 Å². The summed E-state index contributed by atoms with van der Waals surface area (Å²) in [6, 6.07) is 21.7. The van der Waals surface area contributed by atoms with E-state index in [1.54, 1.807) is 53.4 Å². The molecule has 1 atom stereocenters. The van der Waals surface area contributed by atoms with Crippen LogP contribution in [-0.2, 0) is 14.3 Å². The Labute approximate surface area is 200 Å². The molecule has 0 aliphatic carbocycles. The van der Waals surface area contributed by atoms with Crippen LogP contribution in [-0.4, -0.2) is 30.8 Å². The predicted molar refractivity (Wildman–Crippen MR) is 128 cm³/mol. The van der Waals surface area contributed by atoms with Gasteiger partial charge >= 0.3 is 5.97 Å². The van der Waals surface area contributed by atoms with Crippen molar-refractivity contribution in [3.63, 3.8) is 0 Å². The molecule has 3 aromatic rings. The minimum Gasteiger partial charge on any atom is -0.457 e. The quantitative estimate of drug-likeness (QED) is 0.319. The van der Waals surface area contributed by atoms with Gasteiger partial charge in [-0.25, -0.2) is 0 Å². The predicted octanol–water partition coefficient (Wildman–Crippen LogP) is 5.33. The lowest BCUT2D eigenvalue weighted by atomic mass is 10.1. The van der Waals surface area contributed by atoms with Crippen molar-refractivity contribution in [3.8, 4) is 11.5 Å². The Morgan fingerprint density at radius 1 is 0.939 bits per heavy atom. The Kier molecular flexibility index (Phi) is 6.89. The molecule has 0 spiro atoms. The van der Waals surface area contributed by atoms with Crippen molar-refractivity contribution in [2.24, 2.45) is 5.92 Å². The summed E-state index contributed by atoms with van der Waals surface area (Å²) in [7, 11) is 0. The van der Waals surface area contributed by atoms with Crippen molar-refractivity contribution < 1.29 is 23.9 Å². The standard InChI is InChI=1S/C26H22BrNO5/c1-17-2-10-22(11-3-17)33-23-12-8-21(9-13-23)28-15-19(14-25(28)30)26(31)32-16-24(29)18-4-6-20(27)7-5-18/h2-13,19H,14-16H2,1H3/t19-/m0/s1. The van der Waals surface area contributed by atoms with Crippen LogP contribution < -0.4 is 9.64 Å². The first-order chi connectivity index (χ1) is 15.9. The number of carbonyl (C=O) groups excluding carboxylic acids is 3. The number of Topliss-reactive ketones (excluding diaryl/α,β-unsaturated/α-hetero) is 1. The Morgan fingerprint density at radius 2 is 1.55 bits per heavy atom. The summed E-state index contributed by atoms with van der Waals surface area (Å²) in [5, 5.41) is 0. The second-order valence-corrected chi connectivity index (χ2v) is 8.77. The van der Waals surface area contributed by atoms with Crippen molar-refractivity contribution in [2.45, 2.75) is 13.3 Å². The molecule has 1 amide bonds. The number of ketones is 1. The number of ether oxygens (including phenoxy) is 2. The average molecular weight is 508 g/mol. The first-order valence-corrected chi connectivity index (χ1v) is 11.3. The summed E-state index contributed by atoms with van der Waals surface area (Å²) in [5.74, 6) is -0.235. The zero-order valence-corrected chi connectivity index (χ0v) is 19.6. The molecule has 0 saturated carbocycles. The number of benzene rings is 3. The fourth-order valence-corrected chi connectivity index (χ4v) is 3.79. The molecule has 33 heavy (non-hydrogen) atoms. The topological polar surface area (TPSA) is 72.9 Å². The molecule has 0 radical (unpaired) electrons. The lowest BCUT2D eigenvalue weighted by Gasteiger charge is -2.17. The molecule has 0 bridgehead atoms. The Bertz CT molecular complexity index is 1160. The highest BCUT2D eigenvalue weighted by Gasteiger charge is 2.36. The smallest absolute Gasteiger partial charge is 0.311 e. The Morgan fingerprint density at radius 3 is 2.18 bits per heavy atom. The molecule has 1 fully saturated rings. The SMILES string of the molecule is Cc1ccc(Oc2ccc(N3C[C@@H](C(=O)OCC(=O)c4ccc(Br)cc4)CC3=O)cc2)cc1. The normalized spacial score (nSPS) is 15.4. The molecule has 0 unspecified atom stereocenters. The van der Waals surface area contributed by atoms with Crippen molar-refractivity contribution in [2.75, 3.05) is 18.1 Å². The van der Waals surface area contributed by atoms with Crippen LogP contribution in [0.15, 0.2) is 77.3 Å². The number of halogens is 1. The summed E-state index contributed by atoms with van der Waals surface area (Å²) in [4.78, 5) is 38.7. The number of anilines is 1. The van der Waals surface area contributed by atoms with Crippen molar-refractivity contribution in [1.29, 1.82) is 0 Å². The number of amides is 1. The van der Waals surface area contributed by atoms with E-state index in [2.05, 4.69) is 15.9 Å². The lowest BCUT2D eigenvalue weighted by Crippen LogP contribution is -2.27. The van der Waals surface area contributed by atoms with Crippen molar-refractivity contribution >= 4 is 39.3 Å². The lowest BCUT2D eigenvalue weighted by molar-refractivity contribution is -0.147. The van der Waals surface area contributed by atoms with Crippen LogP contribution in [0.3, 0.4) is 0 Å². The maximum Gasteiger partial charge on any atom is 0.311 e. The van der Waals surface area contributed by atoms with Crippen LogP contribution in [0.1, 0.15) is 22.3 Å². The van der Waals surface area contributed by atoms with Gasteiger partial charge in [-0.05, 0) is 55.5 Å². The van der Waals surface area contributed by atoms with E-state index in [9.17, 15) is 14.4 Å². The first-order valence-electron chi connectivity index (χ1n) is 10.5. The van der Waals surface area contributed by atoms with Crippen LogP contribution in [0.25, 0.3) is 0 Å². The number of carbonyl (C=O) groups is 3. The molecule has 0 aromatic heterocycles. The minimum absolute atomic E-state index is 0.0485. The third-order valence-corrected chi connectivity index (χ3v) is 5.90. The monoisotopic (exact) mass is 507 g/mol. The highest BCUT2D eigenvalue weighted by Crippen LogP contribution is 2.29. The van der Waals surface area contributed by atoms with Gasteiger partial charge in [0.25, 0.3) is 0 Å². The number of rotatable bonds is 7. The van der Waals surface area contributed by atoms with Gasteiger partial charge in [0, 0.05) is 28.7 Å². The highest BCUT2D eigenvalue weighted by molar-refractivity contribution is 9.10. The molecule has 3 aromatic carbocycles. The summed E-state index contributed by atoms with van der Waals surface area (Å²) in [6.07, 6.45) is 0.0485. The zero-order valence-electron chi connectivity index (χ0n) is 18.0. The average Bonchev–Trinajstić information content (AvgIpc) is 3.21. The van der Waals surface area contributed by atoms with Gasteiger partial charge in [0.2, 0.25) is 5.91 Å². The van der Waals surface area contributed by atoms with Gasteiger partial charge in [0.1, 0.15) is 11.5 Å². The van der Waals surface area contributed by atoms with Gasteiger partial charge in [-0.2, -0.15) is 0 Å². The molecule has 1 saturated heterocycles. The summed E-state index contributed by atoms with van der Waals surface area (Å²) in [5.41, 5.74) is 2.29. The van der Waals surface area contributed by atoms with Gasteiger partial charge in [-0.1, -0.05) is 45.8 Å². The number of hydrogen-bond acceptors (Lipinski definition) is 5. The van der Waals surface area contributed by atoms with Crippen molar-refractivity contribution in [3.05, 3.63) is 88.4 Å². The molecule has 4 rings (SSSR count). The third kappa shape index (κ3) is 5.68. The molecule has 1 aliphatic heterocycles.